The topological polar surface area (TPSA) is 38.3 Å². The SMILES string of the molecule is CC[C@H](Oc1ccc(F)cc1)C(=O)N[C@H](CC)c1ccc2c(c1)CCCC2. The summed E-state index contributed by atoms with van der Waals surface area (Å²) in [7, 11) is 0. The van der Waals surface area contributed by atoms with Crippen molar-refractivity contribution in [3.63, 3.8) is 0 Å². The van der Waals surface area contributed by atoms with Crippen LogP contribution in [0.5, 0.6) is 5.75 Å². The van der Waals surface area contributed by atoms with Gasteiger partial charge in [0.05, 0.1) is 6.04 Å². The number of aryl methyl sites for hydroxylation is 2. The van der Waals surface area contributed by atoms with Crippen LogP contribution in [0, 0.1) is 5.82 Å². The third-order valence-corrected chi connectivity index (χ3v) is 5.25. The van der Waals surface area contributed by atoms with E-state index < -0.39 is 6.10 Å². The number of amides is 1. The molecule has 0 saturated carbocycles. The molecule has 4 heteroatoms. The summed E-state index contributed by atoms with van der Waals surface area (Å²) in [4.78, 5) is 12.8. The molecule has 0 fully saturated rings. The van der Waals surface area contributed by atoms with Crippen LogP contribution in [0.1, 0.15) is 62.3 Å². The van der Waals surface area contributed by atoms with Crippen molar-refractivity contribution in [1.82, 2.24) is 5.32 Å². The Labute approximate surface area is 160 Å². The molecule has 2 atom stereocenters. The minimum atomic E-state index is -0.595. The first-order valence-electron chi connectivity index (χ1n) is 9.95. The van der Waals surface area contributed by atoms with Gasteiger partial charge >= 0.3 is 0 Å². The van der Waals surface area contributed by atoms with E-state index in [1.54, 1.807) is 12.1 Å². The number of carbonyl (C=O) groups excluding carboxylic acids is 1. The van der Waals surface area contributed by atoms with Gasteiger partial charge < -0.3 is 10.1 Å². The van der Waals surface area contributed by atoms with Crippen molar-refractivity contribution in [3.8, 4) is 5.75 Å². The fourth-order valence-corrected chi connectivity index (χ4v) is 3.66. The molecule has 0 saturated heterocycles. The monoisotopic (exact) mass is 369 g/mol. The van der Waals surface area contributed by atoms with Gasteiger partial charge in [-0.3, -0.25) is 4.79 Å². The fraction of sp³-hybridized carbons (Fsp3) is 0.435. The largest absolute Gasteiger partial charge is 0.481 e. The summed E-state index contributed by atoms with van der Waals surface area (Å²) in [5, 5.41) is 3.13. The predicted octanol–water partition coefficient (Wildman–Crippen LogP) is 5.13. The molecule has 27 heavy (non-hydrogen) atoms. The number of hydrogen-bond acceptors (Lipinski definition) is 2. The normalized spacial score (nSPS) is 15.5. The Morgan fingerprint density at radius 3 is 2.41 bits per heavy atom. The average molecular weight is 369 g/mol. The van der Waals surface area contributed by atoms with Crippen LogP contribution < -0.4 is 10.1 Å². The van der Waals surface area contributed by atoms with Crippen LogP contribution in [-0.2, 0) is 17.6 Å². The highest BCUT2D eigenvalue weighted by Crippen LogP contribution is 2.26. The van der Waals surface area contributed by atoms with E-state index in [1.165, 1.54) is 36.1 Å². The quantitative estimate of drug-likeness (QED) is 0.735. The van der Waals surface area contributed by atoms with Crippen molar-refractivity contribution in [2.24, 2.45) is 0 Å². The van der Waals surface area contributed by atoms with E-state index in [2.05, 4.69) is 30.4 Å². The van der Waals surface area contributed by atoms with Crippen LogP contribution in [-0.4, -0.2) is 12.0 Å². The number of carbonyl (C=O) groups is 1. The number of halogens is 1. The van der Waals surface area contributed by atoms with Gasteiger partial charge in [-0.05, 0) is 79.5 Å². The maximum Gasteiger partial charge on any atom is 0.261 e. The van der Waals surface area contributed by atoms with Crippen LogP contribution >= 0.6 is 0 Å². The van der Waals surface area contributed by atoms with Crippen molar-refractivity contribution < 1.29 is 13.9 Å². The minimum absolute atomic E-state index is 0.0319. The molecular formula is C23H28FNO2. The predicted molar refractivity (Wildman–Crippen MR) is 105 cm³/mol. The molecule has 1 N–H and O–H groups in total. The highest BCUT2D eigenvalue weighted by atomic mass is 19.1. The molecule has 0 unspecified atom stereocenters. The molecule has 0 bridgehead atoms. The zero-order valence-electron chi connectivity index (χ0n) is 16.1. The number of hydrogen-bond donors (Lipinski definition) is 1. The van der Waals surface area contributed by atoms with Crippen LogP contribution in [0.4, 0.5) is 4.39 Å². The third-order valence-electron chi connectivity index (χ3n) is 5.25. The Morgan fingerprint density at radius 1 is 1.04 bits per heavy atom. The summed E-state index contributed by atoms with van der Waals surface area (Å²) in [6, 6.07) is 12.3. The third kappa shape index (κ3) is 4.88. The average Bonchev–Trinajstić information content (AvgIpc) is 2.71. The van der Waals surface area contributed by atoms with Gasteiger partial charge in [-0.1, -0.05) is 32.0 Å². The smallest absolute Gasteiger partial charge is 0.261 e. The molecule has 0 aliphatic heterocycles. The maximum absolute atomic E-state index is 13.1. The first-order valence-corrected chi connectivity index (χ1v) is 9.95. The first-order chi connectivity index (χ1) is 13.1. The van der Waals surface area contributed by atoms with Gasteiger partial charge in [-0.25, -0.2) is 4.39 Å². The van der Waals surface area contributed by atoms with E-state index in [1.807, 2.05) is 6.92 Å². The molecule has 2 aromatic carbocycles. The standard InChI is InChI=1S/C23H28FNO2/c1-3-21(18-10-9-16-7-5-6-8-17(16)15-18)25-23(26)22(4-2)27-20-13-11-19(24)12-14-20/h9-15,21-22H,3-8H2,1-2H3,(H,25,26)/t21-,22+/m1/s1. The first kappa shape index (κ1) is 19.4. The van der Waals surface area contributed by atoms with Crippen LogP contribution in [0.3, 0.4) is 0 Å². The fourth-order valence-electron chi connectivity index (χ4n) is 3.66. The summed E-state index contributed by atoms with van der Waals surface area (Å²) in [5.74, 6) is 0.0462. The molecule has 3 rings (SSSR count). The molecule has 1 aliphatic rings. The number of rotatable bonds is 7. The summed E-state index contributed by atoms with van der Waals surface area (Å²) in [6.07, 6.45) is 5.55. The second-order valence-corrected chi connectivity index (χ2v) is 7.17. The van der Waals surface area contributed by atoms with E-state index in [-0.39, 0.29) is 17.8 Å². The number of ether oxygens (including phenoxy) is 1. The van der Waals surface area contributed by atoms with Crippen molar-refractivity contribution in [3.05, 3.63) is 65.0 Å². The Morgan fingerprint density at radius 2 is 1.74 bits per heavy atom. The lowest BCUT2D eigenvalue weighted by Crippen LogP contribution is -2.40. The molecule has 2 aromatic rings. The van der Waals surface area contributed by atoms with E-state index in [4.69, 9.17) is 4.74 Å². The van der Waals surface area contributed by atoms with Crippen LogP contribution in [0.15, 0.2) is 42.5 Å². The Kier molecular flexibility index (Phi) is 6.49. The van der Waals surface area contributed by atoms with Gasteiger partial charge in [-0.15, -0.1) is 0 Å². The minimum Gasteiger partial charge on any atom is -0.481 e. The number of fused-ring (bicyclic) bond motifs is 1. The number of benzene rings is 2. The summed E-state index contributed by atoms with van der Waals surface area (Å²) < 4.78 is 18.8. The lowest BCUT2D eigenvalue weighted by atomic mass is 9.88. The lowest BCUT2D eigenvalue weighted by Gasteiger charge is -2.24. The van der Waals surface area contributed by atoms with Crippen molar-refractivity contribution in [1.29, 1.82) is 0 Å². The van der Waals surface area contributed by atoms with Crippen molar-refractivity contribution in [2.75, 3.05) is 0 Å². The molecule has 0 heterocycles. The van der Waals surface area contributed by atoms with E-state index in [0.717, 1.165) is 24.8 Å². The van der Waals surface area contributed by atoms with Crippen LogP contribution in [0.2, 0.25) is 0 Å². The molecule has 3 nitrogen and oxygen atoms in total. The number of nitrogens with one attached hydrogen (secondary N) is 1. The Bertz CT molecular complexity index is 772. The van der Waals surface area contributed by atoms with E-state index in [0.29, 0.717) is 12.2 Å². The highest BCUT2D eigenvalue weighted by molar-refractivity contribution is 5.81. The Hall–Kier alpha value is -2.36. The van der Waals surface area contributed by atoms with E-state index in [9.17, 15) is 9.18 Å². The second-order valence-electron chi connectivity index (χ2n) is 7.17. The second kappa shape index (κ2) is 9.03. The van der Waals surface area contributed by atoms with Crippen molar-refractivity contribution in [2.45, 2.75) is 64.5 Å². The molecule has 144 valence electrons. The van der Waals surface area contributed by atoms with E-state index >= 15 is 0 Å². The maximum atomic E-state index is 13.1. The van der Waals surface area contributed by atoms with Crippen molar-refractivity contribution >= 4 is 5.91 Å². The van der Waals surface area contributed by atoms with Gasteiger partial charge in [0.1, 0.15) is 11.6 Å². The molecule has 1 aliphatic carbocycles. The van der Waals surface area contributed by atoms with Gasteiger partial charge in [0.15, 0.2) is 6.10 Å². The van der Waals surface area contributed by atoms with Gasteiger partial charge in [0, 0.05) is 0 Å². The van der Waals surface area contributed by atoms with Gasteiger partial charge in [0.2, 0.25) is 0 Å². The molecule has 0 radical (unpaired) electrons. The summed E-state index contributed by atoms with van der Waals surface area (Å²) in [5.41, 5.74) is 4.02. The molecule has 0 spiro atoms. The molecule has 0 aromatic heterocycles. The zero-order chi connectivity index (χ0) is 19.2. The molecular weight excluding hydrogens is 341 g/mol. The van der Waals surface area contributed by atoms with Crippen LogP contribution in [0.25, 0.3) is 0 Å². The van der Waals surface area contributed by atoms with Gasteiger partial charge in [0.25, 0.3) is 5.91 Å². The Balaban J connectivity index is 1.68. The summed E-state index contributed by atoms with van der Waals surface area (Å²) in [6.45, 7) is 3.99. The zero-order valence-corrected chi connectivity index (χ0v) is 16.1. The molecule has 1 amide bonds. The highest BCUT2D eigenvalue weighted by Gasteiger charge is 2.22. The lowest BCUT2D eigenvalue weighted by molar-refractivity contribution is -0.128. The van der Waals surface area contributed by atoms with Gasteiger partial charge in [-0.2, -0.15) is 0 Å². The summed E-state index contributed by atoms with van der Waals surface area (Å²) >= 11 is 0.